The van der Waals surface area contributed by atoms with Gasteiger partial charge in [0.25, 0.3) is 5.91 Å². The Morgan fingerprint density at radius 3 is 2.43 bits per heavy atom. The molecular weight excluding hydrogens is 182 g/mol. The molecule has 1 N–H and O–H groups in total. The van der Waals surface area contributed by atoms with Crippen molar-refractivity contribution in [1.82, 2.24) is 10.2 Å². The summed E-state index contributed by atoms with van der Waals surface area (Å²) in [6.45, 7) is 3.64. The normalized spacial score (nSPS) is 19.4. The SMILES string of the molecule is CCC1(CC)C(=O)NC(=O)N1CC#N. The maximum Gasteiger partial charge on any atom is 0.325 e. The van der Waals surface area contributed by atoms with E-state index in [1.807, 2.05) is 19.9 Å². The number of hydrogen-bond acceptors (Lipinski definition) is 3. The number of imide groups is 1. The van der Waals surface area contributed by atoms with Crippen LogP contribution in [0.4, 0.5) is 4.79 Å². The highest BCUT2D eigenvalue weighted by atomic mass is 16.2. The number of nitriles is 1. The van der Waals surface area contributed by atoms with Crippen molar-refractivity contribution in [2.75, 3.05) is 6.54 Å². The highest BCUT2D eigenvalue weighted by Crippen LogP contribution is 2.28. The molecule has 3 amide bonds. The molecule has 0 unspecified atom stereocenters. The van der Waals surface area contributed by atoms with Gasteiger partial charge in [-0.25, -0.2) is 4.79 Å². The molecule has 0 aromatic rings. The van der Waals surface area contributed by atoms with E-state index < -0.39 is 11.6 Å². The van der Waals surface area contributed by atoms with Crippen LogP contribution in [0.1, 0.15) is 26.7 Å². The summed E-state index contributed by atoms with van der Waals surface area (Å²) in [4.78, 5) is 24.2. The lowest BCUT2D eigenvalue weighted by Gasteiger charge is -2.31. The van der Waals surface area contributed by atoms with Gasteiger partial charge in [-0.15, -0.1) is 0 Å². The van der Waals surface area contributed by atoms with Gasteiger partial charge in [-0.05, 0) is 12.8 Å². The second-order valence-electron chi connectivity index (χ2n) is 3.24. The van der Waals surface area contributed by atoms with Gasteiger partial charge in [0, 0.05) is 0 Å². The Morgan fingerprint density at radius 2 is 2.00 bits per heavy atom. The highest BCUT2D eigenvalue weighted by Gasteiger charge is 2.49. The fraction of sp³-hybridized carbons (Fsp3) is 0.667. The number of amides is 3. The van der Waals surface area contributed by atoms with Gasteiger partial charge in [-0.2, -0.15) is 5.26 Å². The monoisotopic (exact) mass is 195 g/mol. The smallest absolute Gasteiger partial charge is 0.296 e. The van der Waals surface area contributed by atoms with Crippen molar-refractivity contribution in [3.63, 3.8) is 0 Å². The lowest BCUT2D eigenvalue weighted by Crippen LogP contribution is -2.48. The van der Waals surface area contributed by atoms with Gasteiger partial charge in [0.2, 0.25) is 0 Å². The second-order valence-corrected chi connectivity index (χ2v) is 3.24. The summed E-state index contributed by atoms with van der Waals surface area (Å²) in [5, 5.41) is 10.8. The third kappa shape index (κ3) is 1.23. The molecule has 1 heterocycles. The molecule has 0 aromatic carbocycles. The molecule has 76 valence electrons. The van der Waals surface area contributed by atoms with Gasteiger partial charge in [-0.1, -0.05) is 13.8 Å². The molecule has 1 saturated heterocycles. The van der Waals surface area contributed by atoms with Crippen LogP contribution in [0.3, 0.4) is 0 Å². The first-order valence-electron chi connectivity index (χ1n) is 4.62. The van der Waals surface area contributed by atoms with Crippen molar-refractivity contribution in [2.45, 2.75) is 32.2 Å². The van der Waals surface area contributed by atoms with E-state index in [1.54, 1.807) is 0 Å². The standard InChI is InChI=1S/C9H13N3O2/c1-3-9(4-2)7(13)11-8(14)12(9)6-5-10/h3-4,6H2,1-2H3,(H,11,13,14). The van der Waals surface area contributed by atoms with Crippen LogP contribution >= 0.6 is 0 Å². The van der Waals surface area contributed by atoms with Crippen LogP contribution in [0.2, 0.25) is 0 Å². The molecule has 5 heteroatoms. The average molecular weight is 195 g/mol. The molecule has 0 spiro atoms. The van der Waals surface area contributed by atoms with E-state index in [4.69, 9.17) is 5.26 Å². The second kappa shape index (κ2) is 3.66. The van der Waals surface area contributed by atoms with Crippen LogP contribution in [-0.4, -0.2) is 28.9 Å². The summed E-state index contributed by atoms with van der Waals surface area (Å²) in [5.74, 6) is -0.289. The number of rotatable bonds is 3. The predicted molar refractivity (Wildman–Crippen MR) is 49.2 cm³/mol. The van der Waals surface area contributed by atoms with Crippen molar-refractivity contribution in [2.24, 2.45) is 0 Å². The number of hydrogen-bond donors (Lipinski definition) is 1. The van der Waals surface area contributed by atoms with E-state index in [1.165, 1.54) is 4.90 Å². The number of nitrogens with zero attached hydrogens (tertiary/aromatic N) is 2. The largest absolute Gasteiger partial charge is 0.325 e. The van der Waals surface area contributed by atoms with Crippen LogP contribution < -0.4 is 5.32 Å². The zero-order valence-corrected chi connectivity index (χ0v) is 8.33. The fourth-order valence-electron chi connectivity index (χ4n) is 1.84. The Balaban J connectivity index is 3.05. The fourth-order valence-corrected chi connectivity index (χ4v) is 1.84. The van der Waals surface area contributed by atoms with E-state index in [2.05, 4.69) is 5.32 Å². The van der Waals surface area contributed by atoms with Crippen LogP contribution in [0, 0.1) is 11.3 Å². The Hall–Kier alpha value is -1.57. The van der Waals surface area contributed by atoms with Gasteiger partial charge in [0.1, 0.15) is 12.1 Å². The number of carbonyl (C=O) groups excluding carboxylic acids is 2. The van der Waals surface area contributed by atoms with E-state index in [-0.39, 0.29) is 12.5 Å². The van der Waals surface area contributed by atoms with Gasteiger partial charge < -0.3 is 0 Å². The van der Waals surface area contributed by atoms with Crippen molar-refractivity contribution in [3.05, 3.63) is 0 Å². The molecule has 5 nitrogen and oxygen atoms in total. The van der Waals surface area contributed by atoms with Crippen LogP contribution in [0.15, 0.2) is 0 Å². The maximum atomic E-state index is 11.6. The van der Waals surface area contributed by atoms with Crippen LogP contribution in [-0.2, 0) is 4.79 Å². The van der Waals surface area contributed by atoms with Crippen molar-refractivity contribution >= 4 is 11.9 Å². The summed E-state index contributed by atoms with van der Waals surface area (Å²) >= 11 is 0. The number of nitrogens with one attached hydrogen (secondary N) is 1. The Labute approximate surface area is 82.7 Å². The first-order chi connectivity index (χ1) is 6.62. The summed E-state index contributed by atoms with van der Waals surface area (Å²) < 4.78 is 0. The first-order valence-corrected chi connectivity index (χ1v) is 4.62. The first kappa shape index (κ1) is 10.5. The van der Waals surface area contributed by atoms with E-state index in [9.17, 15) is 9.59 Å². The lowest BCUT2D eigenvalue weighted by atomic mass is 9.91. The highest BCUT2D eigenvalue weighted by molar-refractivity contribution is 6.07. The molecule has 0 atom stereocenters. The summed E-state index contributed by atoms with van der Waals surface area (Å²) in [7, 11) is 0. The Kier molecular flexibility index (Phi) is 2.75. The number of carbonyl (C=O) groups is 2. The average Bonchev–Trinajstić information content (AvgIpc) is 2.40. The molecule has 0 aromatic heterocycles. The zero-order chi connectivity index (χ0) is 10.8. The van der Waals surface area contributed by atoms with E-state index >= 15 is 0 Å². The lowest BCUT2D eigenvalue weighted by molar-refractivity contribution is -0.126. The topological polar surface area (TPSA) is 73.2 Å². The van der Waals surface area contributed by atoms with Gasteiger partial charge in [-0.3, -0.25) is 15.0 Å². The summed E-state index contributed by atoms with van der Waals surface area (Å²) in [6, 6.07) is 1.44. The van der Waals surface area contributed by atoms with Crippen LogP contribution in [0.5, 0.6) is 0 Å². The minimum Gasteiger partial charge on any atom is -0.296 e. The molecule has 0 saturated carbocycles. The zero-order valence-electron chi connectivity index (χ0n) is 8.33. The van der Waals surface area contributed by atoms with Gasteiger partial charge in [0.15, 0.2) is 0 Å². The minimum atomic E-state index is -0.813. The third-order valence-corrected chi connectivity index (χ3v) is 2.80. The summed E-state index contributed by atoms with van der Waals surface area (Å²) in [5.41, 5.74) is -0.813. The van der Waals surface area contributed by atoms with Gasteiger partial charge in [0.05, 0.1) is 6.07 Å². The van der Waals surface area contributed by atoms with E-state index in [0.29, 0.717) is 12.8 Å². The molecule has 1 aliphatic rings. The Bertz CT molecular complexity index is 302. The predicted octanol–water partition coefficient (Wildman–Crippen LogP) is 0.621. The van der Waals surface area contributed by atoms with Gasteiger partial charge >= 0.3 is 6.03 Å². The molecule has 1 fully saturated rings. The van der Waals surface area contributed by atoms with Crippen molar-refractivity contribution in [3.8, 4) is 6.07 Å². The van der Waals surface area contributed by atoms with E-state index in [0.717, 1.165) is 0 Å². The molecule has 0 radical (unpaired) electrons. The van der Waals surface area contributed by atoms with Crippen LogP contribution in [0.25, 0.3) is 0 Å². The molecule has 0 aliphatic carbocycles. The third-order valence-electron chi connectivity index (χ3n) is 2.80. The van der Waals surface area contributed by atoms with Crippen molar-refractivity contribution < 1.29 is 9.59 Å². The maximum absolute atomic E-state index is 11.6. The number of urea groups is 1. The minimum absolute atomic E-state index is 0.0424. The summed E-state index contributed by atoms with van der Waals surface area (Å²) in [6.07, 6.45) is 1.06. The molecule has 0 bridgehead atoms. The van der Waals surface area contributed by atoms with Crippen molar-refractivity contribution in [1.29, 1.82) is 5.26 Å². The molecular formula is C9H13N3O2. The molecule has 14 heavy (non-hydrogen) atoms. The molecule has 1 aliphatic heterocycles. The Morgan fingerprint density at radius 1 is 1.43 bits per heavy atom. The quantitative estimate of drug-likeness (QED) is 0.530. The molecule has 1 rings (SSSR count).